The Labute approximate surface area is 148 Å². The van der Waals surface area contributed by atoms with Crippen molar-refractivity contribution in [1.29, 1.82) is 0 Å². The number of nitrogens with one attached hydrogen (secondary N) is 1. The van der Waals surface area contributed by atoms with Gasteiger partial charge in [0, 0.05) is 4.47 Å². The van der Waals surface area contributed by atoms with Crippen LogP contribution in [0.25, 0.3) is 0 Å². The molecule has 126 valence electrons. The number of ether oxygens (including phenoxy) is 2. The van der Waals surface area contributed by atoms with E-state index < -0.39 is 12.0 Å². The maximum absolute atomic E-state index is 12.3. The average Bonchev–Trinajstić information content (AvgIpc) is 2.59. The van der Waals surface area contributed by atoms with E-state index in [2.05, 4.69) is 21.2 Å². The first-order valence-corrected chi connectivity index (χ1v) is 8.46. The van der Waals surface area contributed by atoms with Crippen LogP contribution in [0.15, 0.2) is 53.0 Å². The van der Waals surface area contributed by atoms with Crippen LogP contribution in [0.5, 0.6) is 5.75 Å². The van der Waals surface area contributed by atoms with Crippen molar-refractivity contribution in [1.82, 2.24) is 0 Å². The molecule has 1 heterocycles. The number of benzene rings is 2. The standard InChI is InChI=1S/C18H18BrNO4/c19-14-6-7-16-15(8-14)20-18(22)17(24-16)13(9-21)11-23-10-12-4-2-1-3-5-12/h1-8,13,17,21H,9-11H2,(H,20,22). The molecule has 1 aliphatic rings. The highest BCUT2D eigenvalue weighted by atomic mass is 79.9. The van der Waals surface area contributed by atoms with E-state index in [1.165, 1.54) is 0 Å². The monoisotopic (exact) mass is 391 g/mol. The topological polar surface area (TPSA) is 67.8 Å². The fourth-order valence-corrected chi connectivity index (χ4v) is 2.91. The normalized spacial score (nSPS) is 17.6. The van der Waals surface area contributed by atoms with Crippen molar-refractivity contribution in [3.8, 4) is 5.75 Å². The van der Waals surface area contributed by atoms with Crippen LogP contribution in [0.3, 0.4) is 0 Å². The van der Waals surface area contributed by atoms with Crippen molar-refractivity contribution in [2.24, 2.45) is 5.92 Å². The Morgan fingerprint density at radius 2 is 2.04 bits per heavy atom. The van der Waals surface area contributed by atoms with Crippen molar-refractivity contribution >= 4 is 27.5 Å². The molecule has 0 aromatic heterocycles. The average molecular weight is 392 g/mol. The highest BCUT2D eigenvalue weighted by Crippen LogP contribution is 2.33. The van der Waals surface area contributed by atoms with Crippen molar-refractivity contribution in [2.45, 2.75) is 12.7 Å². The van der Waals surface area contributed by atoms with Crippen LogP contribution in [0.4, 0.5) is 5.69 Å². The molecule has 0 fully saturated rings. The quantitative estimate of drug-likeness (QED) is 0.793. The van der Waals surface area contributed by atoms with Crippen LogP contribution in [0, 0.1) is 5.92 Å². The predicted molar refractivity (Wildman–Crippen MR) is 93.9 cm³/mol. The summed E-state index contributed by atoms with van der Waals surface area (Å²) >= 11 is 3.36. The van der Waals surface area contributed by atoms with Gasteiger partial charge in [-0.15, -0.1) is 0 Å². The molecule has 0 aliphatic carbocycles. The van der Waals surface area contributed by atoms with Crippen molar-refractivity contribution in [3.05, 3.63) is 58.6 Å². The van der Waals surface area contributed by atoms with E-state index in [9.17, 15) is 9.90 Å². The molecule has 2 unspecified atom stereocenters. The largest absolute Gasteiger partial charge is 0.478 e. The van der Waals surface area contributed by atoms with E-state index in [0.717, 1.165) is 10.0 Å². The number of aliphatic hydroxyl groups excluding tert-OH is 1. The van der Waals surface area contributed by atoms with E-state index >= 15 is 0 Å². The highest BCUT2D eigenvalue weighted by molar-refractivity contribution is 9.10. The molecule has 1 amide bonds. The van der Waals surface area contributed by atoms with E-state index in [4.69, 9.17) is 9.47 Å². The Morgan fingerprint density at radius 3 is 2.79 bits per heavy atom. The Hall–Kier alpha value is -1.89. The molecule has 0 spiro atoms. The van der Waals surface area contributed by atoms with Crippen molar-refractivity contribution in [2.75, 3.05) is 18.5 Å². The molecule has 0 saturated carbocycles. The van der Waals surface area contributed by atoms with E-state index in [1.807, 2.05) is 36.4 Å². The van der Waals surface area contributed by atoms with Gasteiger partial charge < -0.3 is 19.9 Å². The lowest BCUT2D eigenvalue weighted by molar-refractivity contribution is -0.128. The third-order valence-electron chi connectivity index (χ3n) is 3.82. The van der Waals surface area contributed by atoms with Gasteiger partial charge in [0.1, 0.15) is 5.75 Å². The molecule has 6 heteroatoms. The molecule has 2 aromatic carbocycles. The fraction of sp³-hybridized carbons (Fsp3) is 0.278. The molecule has 24 heavy (non-hydrogen) atoms. The molecular formula is C18H18BrNO4. The van der Waals surface area contributed by atoms with E-state index in [0.29, 0.717) is 18.0 Å². The second kappa shape index (κ2) is 7.79. The van der Waals surface area contributed by atoms with Gasteiger partial charge in [0.15, 0.2) is 6.10 Å². The summed E-state index contributed by atoms with van der Waals surface area (Å²) in [7, 11) is 0. The third-order valence-corrected chi connectivity index (χ3v) is 4.31. The zero-order valence-corrected chi connectivity index (χ0v) is 14.5. The highest BCUT2D eigenvalue weighted by Gasteiger charge is 2.34. The zero-order valence-electron chi connectivity index (χ0n) is 12.9. The number of carbonyl (C=O) groups excluding carboxylic acids is 1. The maximum atomic E-state index is 12.3. The van der Waals surface area contributed by atoms with Gasteiger partial charge in [-0.1, -0.05) is 46.3 Å². The number of amides is 1. The number of rotatable bonds is 6. The molecule has 0 bridgehead atoms. The van der Waals surface area contributed by atoms with Crippen LogP contribution in [0.2, 0.25) is 0 Å². The number of aliphatic hydroxyl groups is 1. The molecule has 2 N–H and O–H groups in total. The summed E-state index contributed by atoms with van der Waals surface area (Å²) in [4.78, 5) is 12.3. The molecule has 2 aromatic rings. The fourth-order valence-electron chi connectivity index (χ4n) is 2.55. The minimum absolute atomic E-state index is 0.196. The molecule has 3 rings (SSSR count). The molecule has 5 nitrogen and oxygen atoms in total. The number of hydrogen-bond donors (Lipinski definition) is 2. The number of fused-ring (bicyclic) bond motifs is 1. The van der Waals surface area contributed by atoms with Crippen LogP contribution >= 0.6 is 15.9 Å². The third kappa shape index (κ3) is 3.95. The Balaban J connectivity index is 1.63. The van der Waals surface area contributed by atoms with Gasteiger partial charge in [-0.2, -0.15) is 0 Å². The number of hydrogen-bond acceptors (Lipinski definition) is 4. The molecule has 0 saturated heterocycles. The second-order valence-electron chi connectivity index (χ2n) is 5.61. The van der Waals surface area contributed by atoms with Crippen LogP contribution < -0.4 is 10.1 Å². The summed E-state index contributed by atoms with van der Waals surface area (Å²) in [5.74, 6) is -0.127. The zero-order chi connectivity index (χ0) is 16.9. The van der Waals surface area contributed by atoms with Crippen molar-refractivity contribution in [3.63, 3.8) is 0 Å². The van der Waals surface area contributed by atoms with Gasteiger partial charge in [-0.3, -0.25) is 4.79 Å². The SMILES string of the molecule is O=C1Nc2cc(Br)ccc2OC1C(CO)COCc1ccccc1. The van der Waals surface area contributed by atoms with Gasteiger partial charge in [-0.25, -0.2) is 0 Å². The lowest BCUT2D eigenvalue weighted by atomic mass is 10.0. The summed E-state index contributed by atoms with van der Waals surface area (Å²) in [6.45, 7) is 0.462. The molecule has 0 radical (unpaired) electrons. The van der Waals surface area contributed by atoms with Crippen LogP contribution in [-0.4, -0.2) is 30.3 Å². The van der Waals surface area contributed by atoms with Gasteiger partial charge in [0.05, 0.1) is 31.4 Å². The van der Waals surface area contributed by atoms with Crippen molar-refractivity contribution < 1.29 is 19.4 Å². The van der Waals surface area contributed by atoms with Gasteiger partial charge in [0.25, 0.3) is 5.91 Å². The van der Waals surface area contributed by atoms with Crippen LogP contribution in [-0.2, 0) is 16.1 Å². The van der Waals surface area contributed by atoms with E-state index in [-0.39, 0.29) is 19.1 Å². The minimum atomic E-state index is -0.778. The number of carbonyl (C=O) groups is 1. The summed E-state index contributed by atoms with van der Waals surface area (Å²) < 4.78 is 12.3. The first kappa shape index (κ1) is 17.0. The van der Waals surface area contributed by atoms with Gasteiger partial charge in [0.2, 0.25) is 0 Å². The van der Waals surface area contributed by atoms with Gasteiger partial charge >= 0.3 is 0 Å². The maximum Gasteiger partial charge on any atom is 0.266 e. The minimum Gasteiger partial charge on any atom is -0.478 e. The molecule has 1 aliphatic heterocycles. The lowest BCUT2D eigenvalue weighted by Crippen LogP contribution is -2.45. The smallest absolute Gasteiger partial charge is 0.266 e. The summed E-state index contributed by atoms with van der Waals surface area (Å²) in [5.41, 5.74) is 1.66. The summed E-state index contributed by atoms with van der Waals surface area (Å²) in [5, 5.41) is 12.5. The lowest BCUT2D eigenvalue weighted by Gasteiger charge is -2.30. The summed E-state index contributed by atoms with van der Waals surface area (Å²) in [6.07, 6.45) is -0.778. The molecular weight excluding hydrogens is 374 g/mol. The second-order valence-corrected chi connectivity index (χ2v) is 6.53. The first-order valence-electron chi connectivity index (χ1n) is 7.67. The Kier molecular flexibility index (Phi) is 5.50. The van der Waals surface area contributed by atoms with Gasteiger partial charge in [-0.05, 0) is 23.8 Å². The Morgan fingerprint density at radius 1 is 1.25 bits per heavy atom. The Bertz CT molecular complexity index is 707. The number of anilines is 1. The van der Waals surface area contributed by atoms with Crippen LogP contribution in [0.1, 0.15) is 5.56 Å². The predicted octanol–water partition coefficient (Wildman–Crippen LogP) is 2.97. The molecule has 2 atom stereocenters. The van der Waals surface area contributed by atoms with E-state index in [1.54, 1.807) is 12.1 Å². The first-order chi connectivity index (χ1) is 11.7. The number of halogens is 1. The summed E-state index contributed by atoms with van der Waals surface area (Å²) in [6, 6.07) is 15.2.